The second-order valence-electron chi connectivity index (χ2n) is 4.56. The minimum Gasteiger partial charge on any atom is -0.319 e. The van der Waals surface area contributed by atoms with Crippen molar-refractivity contribution in [2.75, 3.05) is 26.7 Å². The van der Waals surface area contributed by atoms with Crippen LogP contribution in [0, 0.1) is 0 Å². The average Bonchev–Trinajstić information content (AvgIpc) is 2.97. The largest absolute Gasteiger partial charge is 0.346 e. The van der Waals surface area contributed by atoms with Gasteiger partial charge in [0.15, 0.2) is 0 Å². The summed E-state index contributed by atoms with van der Waals surface area (Å²) in [5.41, 5.74) is 0. The fraction of sp³-hybridized carbons (Fsp3) is 0.462. The van der Waals surface area contributed by atoms with Crippen molar-refractivity contribution in [3.63, 3.8) is 0 Å². The number of likely N-dealkylation sites (N-methyl/N-ethyl adjacent to an activating group) is 1. The summed E-state index contributed by atoms with van der Waals surface area (Å²) in [5, 5.41) is 3.37. The quantitative estimate of drug-likeness (QED) is 0.663. The van der Waals surface area contributed by atoms with Gasteiger partial charge in [-0.25, -0.2) is 18.2 Å². The molecule has 1 aromatic rings. The monoisotopic (exact) mass is 327 g/mol. The van der Waals surface area contributed by atoms with Gasteiger partial charge in [0.1, 0.15) is 6.33 Å². The van der Waals surface area contributed by atoms with Gasteiger partial charge in [0.2, 0.25) is 0 Å². The zero-order valence-electron chi connectivity index (χ0n) is 12.8. The topological polar surface area (TPSA) is 88.4 Å². The lowest BCUT2D eigenvalue weighted by Gasteiger charge is -2.19. The maximum absolute atomic E-state index is 12.3. The van der Waals surface area contributed by atoms with Gasteiger partial charge in [0, 0.05) is 26.7 Å². The Labute approximate surface area is 130 Å². The van der Waals surface area contributed by atoms with E-state index in [1.54, 1.807) is 6.08 Å². The number of carbonyl (C=O) groups is 1. The Morgan fingerprint density at radius 1 is 1.36 bits per heavy atom. The van der Waals surface area contributed by atoms with E-state index in [0.29, 0.717) is 13.1 Å². The van der Waals surface area contributed by atoms with Crippen molar-refractivity contribution < 1.29 is 13.2 Å². The molecular formula is C13H21N5O3S. The van der Waals surface area contributed by atoms with Crippen molar-refractivity contribution in [3.8, 4) is 0 Å². The molecule has 122 valence electrons. The van der Waals surface area contributed by atoms with Crippen LogP contribution >= 0.6 is 0 Å². The fourth-order valence-electron chi connectivity index (χ4n) is 1.71. The minimum atomic E-state index is -3.84. The van der Waals surface area contributed by atoms with Gasteiger partial charge < -0.3 is 4.90 Å². The average molecular weight is 327 g/mol. The number of amides is 1. The van der Waals surface area contributed by atoms with Crippen LogP contribution in [0.25, 0.3) is 0 Å². The van der Waals surface area contributed by atoms with Gasteiger partial charge in [-0.2, -0.15) is 8.99 Å². The molecule has 0 aliphatic rings. The van der Waals surface area contributed by atoms with Crippen molar-refractivity contribution in [3.05, 3.63) is 31.6 Å². The standard InChI is InChI=1S/C13H21N5O3S/c1-5-8-16(4)22(20,21)12-14-11-18(15-12)13(19)17(9-6-2)10-7-3/h5-6,11H,1-2,7-10H2,3-4H3. The third-order valence-electron chi connectivity index (χ3n) is 2.81. The van der Waals surface area contributed by atoms with E-state index in [-0.39, 0.29) is 6.54 Å². The lowest BCUT2D eigenvalue weighted by Crippen LogP contribution is -2.36. The molecule has 0 aliphatic heterocycles. The number of nitrogens with zero attached hydrogens (tertiary/aromatic N) is 5. The highest BCUT2D eigenvalue weighted by Crippen LogP contribution is 2.09. The first-order valence-corrected chi connectivity index (χ1v) is 8.21. The fourth-order valence-corrected chi connectivity index (χ4v) is 2.67. The predicted molar refractivity (Wildman–Crippen MR) is 82.9 cm³/mol. The number of aromatic nitrogens is 3. The van der Waals surface area contributed by atoms with Crippen LogP contribution < -0.4 is 0 Å². The maximum Gasteiger partial charge on any atom is 0.346 e. The highest BCUT2D eigenvalue weighted by atomic mass is 32.2. The Bertz CT molecular complexity index is 638. The number of hydrogen-bond acceptors (Lipinski definition) is 5. The summed E-state index contributed by atoms with van der Waals surface area (Å²) in [5.74, 6) is 0. The molecule has 9 heteroatoms. The molecule has 0 bridgehead atoms. The molecule has 1 heterocycles. The number of carbonyl (C=O) groups excluding carboxylic acids is 1. The van der Waals surface area contributed by atoms with Crippen molar-refractivity contribution in [1.82, 2.24) is 24.0 Å². The molecule has 0 spiro atoms. The lowest BCUT2D eigenvalue weighted by atomic mass is 10.4. The van der Waals surface area contributed by atoms with E-state index in [2.05, 4.69) is 23.2 Å². The number of sulfonamides is 1. The van der Waals surface area contributed by atoms with E-state index in [1.807, 2.05) is 6.92 Å². The molecule has 0 unspecified atom stereocenters. The third kappa shape index (κ3) is 4.01. The van der Waals surface area contributed by atoms with Crippen molar-refractivity contribution in [1.29, 1.82) is 0 Å². The van der Waals surface area contributed by atoms with E-state index in [0.717, 1.165) is 21.7 Å². The third-order valence-corrected chi connectivity index (χ3v) is 4.43. The van der Waals surface area contributed by atoms with Crippen LogP contribution in [0.15, 0.2) is 36.8 Å². The van der Waals surface area contributed by atoms with Crippen LogP contribution in [0.4, 0.5) is 4.79 Å². The van der Waals surface area contributed by atoms with Crippen LogP contribution in [-0.2, 0) is 10.0 Å². The smallest absolute Gasteiger partial charge is 0.319 e. The molecular weight excluding hydrogens is 306 g/mol. The van der Waals surface area contributed by atoms with Gasteiger partial charge in [-0.15, -0.1) is 18.3 Å². The second-order valence-corrected chi connectivity index (χ2v) is 6.50. The highest BCUT2D eigenvalue weighted by molar-refractivity contribution is 7.88. The summed E-state index contributed by atoms with van der Waals surface area (Å²) in [6.07, 6.45) is 4.91. The Kier molecular flexibility index (Phi) is 6.44. The summed E-state index contributed by atoms with van der Waals surface area (Å²) in [4.78, 5) is 17.5. The van der Waals surface area contributed by atoms with Crippen molar-refractivity contribution in [2.24, 2.45) is 0 Å². The Hall–Kier alpha value is -2.00. The first-order valence-electron chi connectivity index (χ1n) is 6.77. The molecule has 1 rings (SSSR count). The number of rotatable bonds is 8. The van der Waals surface area contributed by atoms with Crippen LogP contribution in [0.5, 0.6) is 0 Å². The summed E-state index contributed by atoms with van der Waals surface area (Å²) in [6.45, 7) is 10.0. The summed E-state index contributed by atoms with van der Waals surface area (Å²) in [6, 6.07) is -0.443. The first-order chi connectivity index (χ1) is 10.4. The van der Waals surface area contributed by atoms with Crippen LogP contribution in [0.3, 0.4) is 0 Å². The molecule has 0 N–H and O–H groups in total. The van der Waals surface area contributed by atoms with E-state index in [1.165, 1.54) is 18.0 Å². The van der Waals surface area contributed by atoms with Gasteiger partial charge >= 0.3 is 6.03 Å². The molecule has 0 fully saturated rings. The van der Waals surface area contributed by atoms with E-state index in [9.17, 15) is 13.2 Å². The van der Waals surface area contributed by atoms with Gasteiger partial charge in [-0.1, -0.05) is 19.1 Å². The molecule has 8 nitrogen and oxygen atoms in total. The zero-order valence-corrected chi connectivity index (χ0v) is 13.7. The molecule has 1 amide bonds. The molecule has 0 saturated heterocycles. The van der Waals surface area contributed by atoms with Gasteiger partial charge in [0.25, 0.3) is 15.2 Å². The number of hydrogen-bond donors (Lipinski definition) is 0. The Balaban J connectivity index is 3.02. The molecule has 0 aliphatic carbocycles. The van der Waals surface area contributed by atoms with E-state index >= 15 is 0 Å². The van der Waals surface area contributed by atoms with Gasteiger partial charge in [0.05, 0.1) is 0 Å². The first kappa shape index (κ1) is 18.1. The van der Waals surface area contributed by atoms with Crippen LogP contribution in [-0.4, -0.2) is 65.1 Å². The SMILES string of the molecule is C=CCN(CCC)C(=O)n1cnc(S(=O)(=O)N(C)CC=C)n1. The Morgan fingerprint density at radius 2 is 2.00 bits per heavy atom. The lowest BCUT2D eigenvalue weighted by molar-refractivity contribution is 0.201. The molecule has 0 saturated carbocycles. The van der Waals surface area contributed by atoms with Crippen molar-refractivity contribution in [2.45, 2.75) is 18.5 Å². The predicted octanol–water partition coefficient (Wildman–Crippen LogP) is 0.951. The molecule has 0 aromatic carbocycles. The zero-order chi connectivity index (χ0) is 16.8. The molecule has 22 heavy (non-hydrogen) atoms. The van der Waals surface area contributed by atoms with E-state index < -0.39 is 21.2 Å². The minimum absolute atomic E-state index is 0.128. The van der Waals surface area contributed by atoms with Crippen molar-refractivity contribution >= 4 is 16.1 Å². The van der Waals surface area contributed by atoms with Crippen LogP contribution in [0.2, 0.25) is 0 Å². The normalized spacial score (nSPS) is 11.4. The van der Waals surface area contributed by atoms with Gasteiger partial charge in [-0.05, 0) is 6.42 Å². The Morgan fingerprint density at radius 3 is 2.55 bits per heavy atom. The summed E-state index contributed by atoms with van der Waals surface area (Å²) < 4.78 is 26.3. The second kappa shape index (κ2) is 7.85. The summed E-state index contributed by atoms with van der Waals surface area (Å²) >= 11 is 0. The van der Waals surface area contributed by atoms with E-state index in [4.69, 9.17) is 0 Å². The highest BCUT2D eigenvalue weighted by Gasteiger charge is 2.26. The maximum atomic E-state index is 12.3. The van der Waals surface area contributed by atoms with Crippen LogP contribution in [0.1, 0.15) is 13.3 Å². The molecule has 1 aromatic heterocycles. The molecule has 0 atom stereocenters. The molecule has 0 radical (unpaired) electrons. The summed E-state index contributed by atoms with van der Waals surface area (Å²) in [7, 11) is -2.45. The van der Waals surface area contributed by atoms with Gasteiger partial charge in [-0.3, -0.25) is 0 Å².